The van der Waals surface area contributed by atoms with Crippen LogP contribution >= 0.6 is 0 Å². The molecule has 0 atom stereocenters. The van der Waals surface area contributed by atoms with Crippen LogP contribution in [-0.4, -0.2) is 27.9 Å². The molecule has 5 nitrogen and oxygen atoms in total. The molecule has 1 aliphatic carbocycles. The minimum absolute atomic E-state index is 0.129. The maximum Gasteiger partial charge on any atom is 0.306 e. The van der Waals surface area contributed by atoms with Crippen LogP contribution in [0.3, 0.4) is 0 Å². The standard InChI is InChI=1S/C22H24N2O3/c1-14-11-19(15(2)24(14)17-8-9-17)21(25)13-27-22(26)10-7-16-12-23-20-6-4-3-5-18(16)20/h3-6,11-12,17,23H,7-10,13H2,1-2H3. The summed E-state index contributed by atoms with van der Waals surface area (Å²) < 4.78 is 7.47. The number of aromatic amines is 1. The van der Waals surface area contributed by atoms with Crippen molar-refractivity contribution in [1.29, 1.82) is 0 Å². The molecular weight excluding hydrogens is 340 g/mol. The van der Waals surface area contributed by atoms with Gasteiger partial charge in [0, 0.05) is 46.5 Å². The molecule has 5 heteroatoms. The first-order valence-corrected chi connectivity index (χ1v) is 9.47. The van der Waals surface area contributed by atoms with Crippen LogP contribution in [0, 0.1) is 13.8 Å². The van der Waals surface area contributed by atoms with Crippen molar-refractivity contribution in [3.8, 4) is 0 Å². The van der Waals surface area contributed by atoms with Gasteiger partial charge in [-0.1, -0.05) is 18.2 Å². The fraction of sp³-hybridized carbons (Fsp3) is 0.364. The highest BCUT2D eigenvalue weighted by molar-refractivity contribution is 5.99. The third-order valence-electron chi connectivity index (χ3n) is 5.33. The largest absolute Gasteiger partial charge is 0.457 e. The Kier molecular flexibility index (Phi) is 4.60. The number of Topliss-reactive ketones (excluding diaryl/α,β-unsaturated/α-hetero) is 1. The number of ketones is 1. The van der Waals surface area contributed by atoms with Gasteiger partial charge < -0.3 is 14.3 Å². The lowest BCUT2D eigenvalue weighted by molar-refractivity contribution is -0.142. The van der Waals surface area contributed by atoms with Gasteiger partial charge in [0.25, 0.3) is 0 Å². The molecule has 0 unspecified atom stereocenters. The van der Waals surface area contributed by atoms with E-state index in [1.165, 1.54) is 12.8 Å². The number of rotatable bonds is 7. The molecule has 0 radical (unpaired) electrons. The number of carbonyl (C=O) groups is 2. The molecule has 27 heavy (non-hydrogen) atoms. The zero-order valence-corrected chi connectivity index (χ0v) is 15.7. The maximum atomic E-state index is 12.5. The summed E-state index contributed by atoms with van der Waals surface area (Å²) in [5.74, 6) is -0.472. The topological polar surface area (TPSA) is 64.1 Å². The van der Waals surface area contributed by atoms with Crippen molar-refractivity contribution in [2.24, 2.45) is 0 Å². The monoisotopic (exact) mass is 364 g/mol. The van der Waals surface area contributed by atoms with E-state index in [0.717, 1.165) is 27.9 Å². The molecule has 0 spiro atoms. The fourth-order valence-electron chi connectivity index (χ4n) is 3.83. The van der Waals surface area contributed by atoms with Gasteiger partial charge in [0.1, 0.15) is 0 Å². The van der Waals surface area contributed by atoms with Gasteiger partial charge in [-0.25, -0.2) is 0 Å². The Hall–Kier alpha value is -2.82. The van der Waals surface area contributed by atoms with Gasteiger partial charge in [0.15, 0.2) is 6.61 Å². The van der Waals surface area contributed by atoms with Crippen LogP contribution in [0.15, 0.2) is 36.5 Å². The van der Waals surface area contributed by atoms with Gasteiger partial charge in [-0.3, -0.25) is 9.59 Å². The third-order valence-corrected chi connectivity index (χ3v) is 5.33. The predicted octanol–water partition coefficient (Wildman–Crippen LogP) is 4.28. The molecule has 1 fully saturated rings. The quantitative estimate of drug-likeness (QED) is 0.503. The molecule has 0 aliphatic heterocycles. The summed E-state index contributed by atoms with van der Waals surface area (Å²) in [4.78, 5) is 27.8. The number of aryl methyl sites for hydroxylation is 2. The van der Waals surface area contributed by atoms with E-state index < -0.39 is 0 Å². The van der Waals surface area contributed by atoms with Gasteiger partial charge >= 0.3 is 5.97 Å². The molecule has 3 aromatic rings. The van der Waals surface area contributed by atoms with Gasteiger partial charge in [-0.2, -0.15) is 0 Å². The second-order valence-electron chi connectivity index (χ2n) is 7.33. The fourth-order valence-corrected chi connectivity index (χ4v) is 3.83. The summed E-state index contributed by atoms with van der Waals surface area (Å²) in [6, 6.07) is 10.4. The lowest BCUT2D eigenvalue weighted by Crippen LogP contribution is -2.15. The van der Waals surface area contributed by atoms with E-state index in [4.69, 9.17) is 4.74 Å². The SMILES string of the molecule is Cc1cc(C(=O)COC(=O)CCc2c[nH]c3ccccc23)c(C)n1C1CC1. The smallest absolute Gasteiger partial charge is 0.306 e. The molecule has 2 heterocycles. The molecule has 140 valence electrons. The number of fused-ring (bicyclic) bond motifs is 1. The maximum absolute atomic E-state index is 12.5. The Balaban J connectivity index is 1.33. The lowest BCUT2D eigenvalue weighted by atomic mass is 10.1. The van der Waals surface area contributed by atoms with Crippen LogP contribution in [0.1, 0.15) is 52.6 Å². The number of esters is 1. The van der Waals surface area contributed by atoms with E-state index >= 15 is 0 Å². The summed E-state index contributed by atoms with van der Waals surface area (Å²) in [7, 11) is 0. The Morgan fingerprint density at radius 2 is 2.00 bits per heavy atom. The van der Waals surface area contributed by atoms with Crippen molar-refractivity contribution in [1.82, 2.24) is 9.55 Å². The van der Waals surface area contributed by atoms with Gasteiger partial charge in [-0.15, -0.1) is 0 Å². The summed E-state index contributed by atoms with van der Waals surface area (Å²) in [6.07, 6.45) is 5.12. The molecule has 2 aromatic heterocycles. The van der Waals surface area contributed by atoms with Gasteiger partial charge in [-0.05, 0) is 50.8 Å². The first-order chi connectivity index (χ1) is 13.0. The number of benzene rings is 1. The van der Waals surface area contributed by atoms with Crippen molar-refractivity contribution >= 4 is 22.7 Å². The van der Waals surface area contributed by atoms with Crippen molar-refractivity contribution in [3.05, 3.63) is 59.0 Å². The van der Waals surface area contributed by atoms with E-state index in [0.29, 0.717) is 18.0 Å². The van der Waals surface area contributed by atoms with E-state index in [2.05, 4.69) is 9.55 Å². The van der Waals surface area contributed by atoms with Crippen LogP contribution < -0.4 is 0 Å². The zero-order chi connectivity index (χ0) is 19.0. The number of nitrogens with zero attached hydrogens (tertiary/aromatic N) is 1. The number of aromatic nitrogens is 2. The average Bonchev–Trinajstić information content (AvgIpc) is 3.33. The Morgan fingerprint density at radius 3 is 2.78 bits per heavy atom. The highest BCUT2D eigenvalue weighted by Crippen LogP contribution is 2.38. The molecule has 0 bridgehead atoms. The van der Waals surface area contributed by atoms with Gasteiger partial charge in [0.05, 0.1) is 0 Å². The molecule has 0 saturated heterocycles. The Morgan fingerprint density at radius 1 is 1.22 bits per heavy atom. The van der Waals surface area contributed by atoms with Crippen LogP contribution in [0.25, 0.3) is 10.9 Å². The Labute approximate surface area is 158 Å². The lowest BCUT2D eigenvalue weighted by Gasteiger charge is -2.08. The number of nitrogens with one attached hydrogen (secondary N) is 1. The number of ether oxygens (including phenoxy) is 1. The van der Waals surface area contributed by atoms with E-state index in [1.807, 2.05) is 50.4 Å². The highest BCUT2D eigenvalue weighted by atomic mass is 16.5. The van der Waals surface area contributed by atoms with Crippen molar-refractivity contribution < 1.29 is 14.3 Å². The van der Waals surface area contributed by atoms with Crippen molar-refractivity contribution in [2.45, 2.75) is 45.6 Å². The second-order valence-corrected chi connectivity index (χ2v) is 7.33. The minimum atomic E-state index is -0.343. The number of hydrogen-bond acceptors (Lipinski definition) is 3. The highest BCUT2D eigenvalue weighted by Gasteiger charge is 2.28. The van der Waals surface area contributed by atoms with E-state index in [9.17, 15) is 9.59 Å². The van der Waals surface area contributed by atoms with Gasteiger partial charge in [0.2, 0.25) is 5.78 Å². The first-order valence-electron chi connectivity index (χ1n) is 9.47. The number of hydrogen-bond donors (Lipinski definition) is 1. The third kappa shape index (κ3) is 3.54. The number of H-pyrrole nitrogens is 1. The summed E-state index contributed by atoms with van der Waals surface area (Å²) >= 11 is 0. The molecule has 1 saturated carbocycles. The minimum Gasteiger partial charge on any atom is -0.457 e. The predicted molar refractivity (Wildman–Crippen MR) is 104 cm³/mol. The second kappa shape index (κ2) is 7.06. The molecule has 1 aromatic carbocycles. The van der Waals surface area contributed by atoms with Crippen LogP contribution in [0.5, 0.6) is 0 Å². The van der Waals surface area contributed by atoms with Crippen LogP contribution in [-0.2, 0) is 16.0 Å². The van der Waals surface area contributed by atoms with E-state index in [-0.39, 0.29) is 24.8 Å². The van der Waals surface area contributed by atoms with Crippen LogP contribution in [0.4, 0.5) is 0 Å². The van der Waals surface area contributed by atoms with Crippen molar-refractivity contribution in [2.75, 3.05) is 6.61 Å². The number of carbonyl (C=O) groups excluding carboxylic acids is 2. The molecule has 1 aliphatic rings. The summed E-state index contributed by atoms with van der Waals surface area (Å²) in [6.45, 7) is 3.80. The average molecular weight is 364 g/mol. The first kappa shape index (κ1) is 17.6. The zero-order valence-electron chi connectivity index (χ0n) is 15.7. The molecular formula is C22H24N2O3. The Bertz CT molecular complexity index is 1010. The number of para-hydroxylation sites is 1. The summed E-state index contributed by atoms with van der Waals surface area (Å²) in [5, 5.41) is 1.12. The molecule has 1 N–H and O–H groups in total. The normalized spacial score (nSPS) is 13.9. The summed E-state index contributed by atoms with van der Waals surface area (Å²) in [5.41, 5.74) is 4.90. The van der Waals surface area contributed by atoms with Crippen LogP contribution in [0.2, 0.25) is 0 Å². The molecule has 4 rings (SSSR count). The molecule has 0 amide bonds. The van der Waals surface area contributed by atoms with E-state index in [1.54, 1.807) is 0 Å². The van der Waals surface area contributed by atoms with Crippen molar-refractivity contribution in [3.63, 3.8) is 0 Å².